The molecule has 0 spiro atoms. The molecule has 1 fully saturated rings. The van der Waals surface area contributed by atoms with Crippen molar-refractivity contribution in [2.24, 2.45) is 0 Å². The zero-order chi connectivity index (χ0) is 24.1. The number of H-pyrrole nitrogens is 1. The minimum absolute atomic E-state index is 0.193. The van der Waals surface area contributed by atoms with E-state index in [0.717, 1.165) is 12.1 Å². The summed E-state index contributed by atoms with van der Waals surface area (Å²) in [6.07, 6.45) is -1.76. The zero-order valence-corrected chi connectivity index (χ0v) is 18.2. The predicted molar refractivity (Wildman–Crippen MR) is 115 cm³/mol. The van der Waals surface area contributed by atoms with Crippen molar-refractivity contribution in [3.63, 3.8) is 0 Å². The number of aromatic amines is 1. The van der Waals surface area contributed by atoms with Gasteiger partial charge in [0.05, 0.1) is 5.56 Å². The number of halogens is 3. The van der Waals surface area contributed by atoms with Crippen LogP contribution in [-0.2, 0) is 23.1 Å². The third-order valence-electron chi connectivity index (χ3n) is 5.01. The summed E-state index contributed by atoms with van der Waals surface area (Å²) in [6, 6.07) is 9.10. The number of piperazine rings is 1. The summed E-state index contributed by atoms with van der Waals surface area (Å²) in [5.74, 6) is -0.193. The van der Waals surface area contributed by atoms with Crippen LogP contribution in [0.1, 0.15) is 5.56 Å². The van der Waals surface area contributed by atoms with Gasteiger partial charge in [0, 0.05) is 57.3 Å². The van der Waals surface area contributed by atoms with Gasteiger partial charge in [-0.3, -0.25) is 14.0 Å². The second kappa shape index (κ2) is 10.3. The van der Waals surface area contributed by atoms with E-state index in [4.69, 9.17) is 4.55 Å². The maximum atomic E-state index is 13.0. The molecule has 2 heterocycles. The molecule has 9 nitrogen and oxygen atoms in total. The van der Waals surface area contributed by atoms with Gasteiger partial charge in [-0.1, -0.05) is 6.07 Å². The van der Waals surface area contributed by atoms with Crippen LogP contribution >= 0.6 is 0 Å². The molecule has 0 unspecified atom stereocenters. The van der Waals surface area contributed by atoms with Gasteiger partial charge in [0.1, 0.15) is 5.75 Å². The van der Waals surface area contributed by atoms with Gasteiger partial charge in [0.15, 0.2) is 0 Å². The van der Waals surface area contributed by atoms with Crippen LogP contribution in [0.5, 0.6) is 5.75 Å². The molecule has 1 aromatic heterocycles. The van der Waals surface area contributed by atoms with Crippen molar-refractivity contribution in [2.45, 2.75) is 12.7 Å². The lowest BCUT2D eigenvalue weighted by Crippen LogP contribution is -2.47. The molecule has 180 valence electrons. The highest BCUT2D eigenvalue weighted by atomic mass is 32.3. The summed E-state index contributed by atoms with van der Waals surface area (Å²) in [5.41, 5.74) is -0.610. The Labute approximate surface area is 188 Å². The van der Waals surface area contributed by atoms with Crippen molar-refractivity contribution in [3.8, 4) is 5.75 Å². The third kappa shape index (κ3) is 7.51. The van der Waals surface area contributed by atoms with Gasteiger partial charge in [0.2, 0.25) is 0 Å². The van der Waals surface area contributed by atoms with E-state index in [1.807, 2.05) is 4.90 Å². The Morgan fingerprint density at radius 3 is 2.42 bits per heavy atom. The SMILES string of the molecule is O=c1[nH]ccc(OS(=O)(=O)O)cccn1CCN1CCN(c2cccc(C(F)(F)F)c2)CC1. The van der Waals surface area contributed by atoms with Crippen molar-refractivity contribution in [1.82, 2.24) is 14.5 Å². The topological polar surface area (TPSA) is 108 Å². The maximum absolute atomic E-state index is 13.0. The van der Waals surface area contributed by atoms with Crippen LogP contribution in [0.2, 0.25) is 0 Å². The van der Waals surface area contributed by atoms with Crippen LogP contribution in [-0.4, -0.2) is 60.1 Å². The molecule has 1 aromatic carbocycles. The molecule has 0 saturated carbocycles. The molecule has 0 aliphatic carbocycles. The lowest BCUT2D eigenvalue weighted by molar-refractivity contribution is -0.137. The molecule has 0 atom stereocenters. The van der Waals surface area contributed by atoms with Gasteiger partial charge in [-0.05, 0) is 36.4 Å². The average Bonchev–Trinajstić information content (AvgIpc) is 2.82. The van der Waals surface area contributed by atoms with Crippen LogP contribution in [0.4, 0.5) is 18.9 Å². The van der Waals surface area contributed by atoms with E-state index in [9.17, 15) is 26.4 Å². The Hall–Kier alpha value is -3.03. The molecule has 0 radical (unpaired) electrons. The number of nitrogens with zero attached hydrogens (tertiary/aromatic N) is 3. The van der Waals surface area contributed by atoms with E-state index in [2.05, 4.69) is 14.1 Å². The first-order chi connectivity index (χ1) is 15.5. The zero-order valence-electron chi connectivity index (χ0n) is 17.4. The van der Waals surface area contributed by atoms with Crippen molar-refractivity contribution in [2.75, 3.05) is 37.6 Å². The van der Waals surface area contributed by atoms with Crippen molar-refractivity contribution in [1.29, 1.82) is 0 Å². The lowest BCUT2D eigenvalue weighted by Gasteiger charge is -2.36. The first-order valence-corrected chi connectivity index (χ1v) is 11.3. The second-order valence-electron chi connectivity index (χ2n) is 7.27. The van der Waals surface area contributed by atoms with E-state index < -0.39 is 27.8 Å². The molecule has 0 amide bonds. The van der Waals surface area contributed by atoms with Gasteiger partial charge in [0.25, 0.3) is 0 Å². The highest BCUT2D eigenvalue weighted by Gasteiger charge is 2.31. The molecule has 13 heteroatoms. The fourth-order valence-corrected chi connectivity index (χ4v) is 3.71. The quantitative estimate of drug-likeness (QED) is 0.601. The Bertz CT molecular complexity index is 1170. The van der Waals surface area contributed by atoms with Gasteiger partial charge < -0.3 is 14.1 Å². The normalized spacial score (nSPS) is 15.2. The van der Waals surface area contributed by atoms with Crippen LogP contribution < -0.4 is 14.8 Å². The molecule has 2 aromatic rings. The monoisotopic (exact) mass is 488 g/mol. The number of hydrogen-bond donors (Lipinski definition) is 2. The number of nitrogens with one attached hydrogen (secondary N) is 1. The first-order valence-electron chi connectivity index (χ1n) is 9.95. The number of anilines is 1. The molecule has 3 rings (SSSR count). The molecule has 1 saturated heterocycles. The number of rotatable bonds is 6. The van der Waals surface area contributed by atoms with Crippen LogP contribution in [0.3, 0.4) is 0 Å². The molecule has 1 aliphatic rings. The summed E-state index contributed by atoms with van der Waals surface area (Å²) < 4.78 is 75.1. The fraction of sp³-hybridized carbons (Fsp3) is 0.350. The van der Waals surface area contributed by atoms with Gasteiger partial charge in [-0.2, -0.15) is 21.6 Å². The minimum Gasteiger partial charge on any atom is -0.369 e. The highest BCUT2D eigenvalue weighted by Crippen LogP contribution is 2.31. The van der Waals surface area contributed by atoms with Crippen molar-refractivity contribution < 1.29 is 30.3 Å². The standard InChI is InChI=1S/C20H23F3N4O5S/c21-20(22,23)16-3-1-4-17(15-16)26-12-9-25(10-13-26)11-14-27-8-2-5-18(32-33(29,30)31)6-7-24-19(27)28/h1-8,15H,9-14H2,(H,24,28)(H,29,30,31). The largest absolute Gasteiger partial charge is 0.446 e. The molecular formula is C20H23F3N4O5S. The third-order valence-corrected chi connectivity index (χ3v) is 5.41. The summed E-state index contributed by atoms with van der Waals surface area (Å²) in [5, 5.41) is 0. The van der Waals surface area contributed by atoms with E-state index in [-0.39, 0.29) is 5.75 Å². The van der Waals surface area contributed by atoms with Crippen molar-refractivity contribution in [3.05, 3.63) is 70.9 Å². The summed E-state index contributed by atoms with van der Waals surface area (Å²) in [7, 11) is -4.70. The summed E-state index contributed by atoms with van der Waals surface area (Å²) >= 11 is 0. The molecule has 33 heavy (non-hydrogen) atoms. The average molecular weight is 488 g/mol. The van der Waals surface area contributed by atoms with E-state index in [1.54, 1.807) is 6.07 Å². The molecule has 0 bridgehead atoms. The molecule has 2 N–H and O–H groups in total. The Morgan fingerprint density at radius 1 is 1.03 bits per heavy atom. The van der Waals surface area contributed by atoms with Gasteiger partial charge in [-0.25, -0.2) is 4.79 Å². The smallest absolute Gasteiger partial charge is 0.369 e. The van der Waals surface area contributed by atoms with E-state index in [0.29, 0.717) is 45.0 Å². The predicted octanol–water partition coefficient (Wildman–Crippen LogP) is 2.32. The number of benzene rings is 1. The maximum Gasteiger partial charge on any atom is 0.446 e. The second-order valence-corrected chi connectivity index (χ2v) is 8.30. The first kappa shape index (κ1) is 24.6. The van der Waals surface area contributed by atoms with Crippen LogP contribution in [0, 0.1) is 0 Å². The number of alkyl halides is 3. The Kier molecular flexibility index (Phi) is 7.66. The van der Waals surface area contributed by atoms with Gasteiger partial charge >= 0.3 is 22.3 Å². The van der Waals surface area contributed by atoms with Crippen LogP contribution in [0.25, 0.3) is 0 Å². The fourth-order valence-electron chi connectivity index (χ4n) is 3.35. The highest BCUT2D eigenvalue weighted by molar-refractivity contribution is 7.81. The minimum atomic E-state index is -4.70. The number of hydrogen-bond acceptors (Lipinski definition) is 6. The van der Waals surface area contributed by atoms with Crippen LogP contribution in [0.15, 0.2) is 59.7 Å². The molecule has 1 aliphatic heterocycles. The van der Waals surface area contributed by atoms with E-state index >= 15 is 0 Å². The Balaban J connectivity index is 1.61. The van der Waals surface area contributed by atoms with Gasteiger partial charge in [-0.15, -0.1) is 0 Å². The number of aromatic nitrogens is 2. The van der Waals surface area contributed by atoms with E-state index in [1.165, 1.54) is 41.2 Å². The lowest BCUT2D eigenvalue weighted by atomic mass is 10.1. The Morgan fingerprint density at radius 2 is 1.76 bits per heavy atom. The summed E-state index contributed by atoms with van der Waals surface area (Å²) in [4.78, 5) is 18.7. The molecular weight excluding hydrogens is 465 g/mol. The van der Waals surface area contributed by atoms with Crippen molar-refractivity contribution >= 4 is 16.1 Å². The summed E-state index contributed by atoms with van der Waals surface area (Å²) in [6.45, 7) is 3.16.